The van der Waals surface area contributed by atoms with E-state index >= 15 is 0 Å². The first-order valence-corrected chi connectivity index (χ1v) is 15.8. The van der Waals surface area contributed by atoms with Crippen LogP contribution in [0.2, 0.25) is 0 Å². The lowest BCUT2D eigenvalue weighted by atomic mass is 10.0. The predicted molar refractivity (Wildman–Crippen MR) is 176 cm³/mol. The van der Waals surface area contributed by atoms with Crippen molar-refractivity contribution in [3.63, 3.8) is 0 Å². The second-order valence-electron chi connectivity index (χ2n) is 12.4. The number of halogens is 1. The first-order chi connectivity index (χ1) is 22.9. The summed E-state index contributed by atoms with van der Waals surface area (Å²) < 4.78 is 37.1. The molecular weight excluding hydrogens is 623 g/mol. The molecule has 1 amide bonds. The van der Waals surface area contributed by atoms with Gasteiger partial charge in [-0.05, 0) is 57.5 Å². The Morgan fingerprint density at radius 2 is 1.75 bits per heavy atom. The highest BCUT2D eigenvalue weighted by atomic mass is 19.1. The van der Waals surface area contributed by atoms with Gasteiger partial charge in [0.2, 0.25) is 0 Å². The number of fused-ring (bicyclic) bond motifs is 1. The van der Waals surface area contributed by atoms with Crippen molar-refractivity contribution >= 4 is 28.8 Å². The van der Waals surface area contributed by atoms with Crippen LogP contribution in [0.1, 0.15) is 45.0 Å². The lowest BCUT2D eigenvalue weighted by Crippen LogP contribution is -2.54. The zero-order chi connectivity index (χ0) is 34.8. The smallest absolute Gasteiger partial charge is 0.407 e. The number of nitrogens with one attached hydrogen (secondary N) is 1. The standard InChI is InChI=1S/C34H43FN6O7/c1-23-22-40(13-14-41(23)28-20-29(42)39(5)27-11-10-26(21-36)38-30(27)28)31(24-6-8-25(35)9-7-24)32(43)47-19-18-46-17-16-45-15-12-37-33(44)48-34(2,3)4/h6-11,20,23,31H,12-19,22H2,1-5H3,(H,37,44)/t23-,31?/m0/s1. The number of carbonyl (C=O) groups excluding carboxylic acids is 2. The molecule has 3 heterocycles. The Kier molecular flexibility index (Phi) is 12.5. The third kappa shape index (κ3) is 9.72. The van der Waals surface area contributed by atoms with Crippen molar-refractivity contribution in [2.75, 3.05) is 64.1 Å². The third-order valence-corrected chi connectivity index (χ3v) is 7.68. The molecule has 0 aliphatic carbocycles. The molecular formula is C34H43FN6O7. The Bertz CT molecular complexity index is 1670. The van der Waals surface area contributed by atoms with E-state index in [1.807, 2.05) is 11.8 Å². The van der Waals surface area contributed by atoms with Crippen LogP contribution in [0, 0.1) is 17.1 Å². The van der Waals surface area contributed by atoms with Crippen LogP contribution in [0.3, 0.4) is 0 Å². The zero-order valence-electron chi connectivity index (χ0n) is 28.0. The monoisotopic (exact) mass is 666 g/mol. The molecule has 0 bridgehead atoms. The Morgan fingerprint density at radius 1 is 1.06 bits per heavy atom. The van der Waals surface area contributed by atoms with E-state index in [-0.39, 0.29) is 43.7 Å². The Balaban J connectivity index is 1.32. The summed E-state index contributed by atoms with van der Waals surface area (Å²) in [6.07, 6.45) is -0.510. The van der Waals surface area contributed by atoms with Gasteiger partial charge < -0.3 is 33.7 Å². The van der Waals surface area contributed by atoms with Crippen LogP contribution in [0.4, 0.5) is 14.9 Å². The molecule has 0 saturated carbocycles. The van der Waals surface area contributed by atoms with Gasteiger partial charge in [0, 0.05) is 45.3 Å². The molecule has 1 aliphatic rings. The number of aromatic nitrogens is 2. The number of benzene rings is 1. The van der Waals surface area contributed by atoms with Crippen molar-refractivity contribution in [1.29, 1.82) is 5.26 Å². The van der Waals surface area contributed by atoms with Gasteiger partial charge in [0.15, 0.2) is 0 Å². The highest BCUT2D eigenvalue weighted by molar-refractivity contribution is 5.89. The number of amides is 1. The van der Waals surface area contributed by atoms with Gasteiger partial charge >= 0.3 is 12.1 Å². The number of pyridine rings is 2. The van der Waals surface area contributed by atoms with Crippen molar-refractivity contribution in [2.24, 2.45) is 7.05 Å². The first-order valence-electron chi connectivity index (χ1n) is 15.8. The SMILES string of the molecule is C[C@H]1CN(C(C(=O)OCCOCCOCCNC(=O)OC(C)(C)C)c2ccc(F)cc2)CCN1c1cc(=O)n(C)c2ccc(C#N)nc12. The molecule has 1 aliphatic heterocycles. The summed E-state index contributed by atoms with van der Waals surface area (Å²) in [6.45, 7) is 9.98. The summed E-state index contributed by atoms with van der Waals surface area (Å²) in [4.78, 5) is 46.5. The van der Waals surface area contributed by atoms with Gasteiger partial charge in [-0.2, -0.15) is 5.26 Å². The number of piperazine rings is 1. The largest absolute Gasteiger partial charge is 0.462 e. The minimum atomic E-state index is -0.792. The fraction of sp³-hybridized carbons (Fsp3) is 0.500. The van der Waals surface area contributed by atoms with Crippen molar-refractivity contribution in [3.05, 3.63) is 69.9 Å². The van der Waals surface area contributed by atoms with E-state index in [1.165, 1.54) is 22.8 Å². The maximum Gasteiger partial charge on any atom is 0.407 e. The number of nitriles is 1. The molecule has 0 radical (unpaired) electrons. The summed E-state index contributed by atoms with van der Waals surface area (Å²) in [7, 11) is 1.66. The first kappa shape index (κ1) is 36.3. The maximum atomic E-state index is 13.8. The second-order valence-corrected chi connectivity index (χ2v) is 12.4. The summed E-state index contributed by atoms with van der Waals surface area (Å²) in [6, 6.07) is 11.7. The van der Waals surface area contributed by atoms with E-state index in [9.17, 15) is 24.0 Å². The van der Waals surface area contributed by atoms with E-state index in [0.717, 1.165) is 0 Å². The lowest BCUT2D eigenvalue weighted by molar-refractivity contribution is -0.152. The van der Waals surface area contributed by atoms with Crippen LogP contribution >= 0.6 is 0 Å². The van der Waals surface area contributed by atoms with Crippen LogP contribution in [0.15, 0.2) is 47.3 Å². The van der Waals surface area contributed by atoms with Gasteiger partial charge in [0.1, 0.15) is 41.3 Å². The fourth-order valence-electron chi connectivity index (χ4n) is 5.45. The molecule has 1 saturated heterocycles. The van der Waals surface area contributed by atoms with Crippen LogP contribution in [0.25, 0.3) is 11.0 Å². The molecule has 258 valence electrons. The molecule has 1 fully saturated rings. The number of ether oxygens (including phenoxy) is 4. The van der Waals surface area contributed by atoms with Gasteiger partial charge in [-0.1, -0.05) is 12.1 Å². The number of hydrogen-bond acceptors (Lipinski definition) is 11. The van der Waals surface area contributed by atoms with E-state index in [0.29, 0.717) is 55.1 Å². The molecule has 2 atom stereocenters. The Hall–Kier alpha value is -4.58. The van der Waals surface area contributed by atoms with Crippen molar-refractivity contribution in [2.45, 2.75) is 45.4 Å². The molecule has 13 nitrogen and oxygen atoms in total. The molecule has 1 N–H and O–H groups in total. The average Bonchev–Trinajstić information content (AvgIpc) is 3.04. The third-order valence-electron chi connectivity index (χ3n) is 7.68. The van der Waals surface area contributed by atoms with Gasteiger partial charge in [-0.25, -0.2) is 19.0 Å². The average molecular weight is 667 g/mol. The number of aryl methyl sites for hydroxylation is 1. The minimum absolute atomic E-state index is 0.0123. The summed E-state index contributed by atoms with van der Waals surface area (Å²) >= 11 is 0. The molecule has 0 spiro atoms. The predicted octanol–water partition coefficient (Wildman–Crippen LogP) is 3.30. The fourth-order valence-corrected chi connectivity index (χ4v) is 5.45. The van der Waals surface area contributed by atoms with Crippen LogP contribution in [0.5, 0.6) is 0 Å². The van der Waals surface area contributed by atoms with E-state index < -0.39 is 29.5 Å². The van der Waals surface area contributed by atoms with Gasteiger partial charge in [0.25, 0.3) is 5.56 Å². The van der Waals surface area contributed by atoms with Crippen molar-refractivity contribution < 1.29 is 32.9 Å². The topological polar surface area (TPSA) is 148 Å². The number of rotatable bonds is 13. The van der Waals surface area contributed by atoms with Crippen LogP contribution in [-0.4, -0.2) is 97.4 Å². The second kappa shape index (κ2) is 16.5. The lowest BCUT2D eigenvalue weighted by Gasteiger charge is -2.43. The summed E-state index contributed by atoms with van der Waals surface area (Å²) in [5.74, 6) is -0.906. The van der Waals surface area contributed by atoms with Crippen LogP contribution in [-0.2, 0) is 30.8 Å². The number of alkyl carbamates (subject to hydrolysis) is 1. The van der Waals surface area contributed by atoms with E-state index in [4.69, 9.17) is 18.9 Å². The Morgan fingerprint density at radius 3 is 2.42 bits per heavy atom. The van der Waals surface area contributed by atoms with E-state index in [2.05, 4.69) is 21.3 Å². The van der Waals surface area contributed by atoms with Gasteiger partial charge in [-0.15, -0.1) is 0 Å². The number of esters is 1. The molecule has 14 heteroatoms. The molecule has 48 heavy (non-hydrogen) atoms. The quantitative estimate of drug-likeness (QED) is 0.212. The zero-order valence-corrected chi connectivity index (χ0v) is 28.0. The number of carbonyl (C=O) groups is 2. The molecule has 1 aromatic carbocycles. The number of anilines is 1. The van der Waals surface area contributed by atoms with Gasteiger partial charge in [0.05, 0.1) is 37.6 Å². The molecule has 1 unspecified atom stereocenters. The number of hydrogen-bond donors (Lipinski definition) is 1. The van der Waals surface area contributed by atoms with Crippen molar-refractivity contribution in [3.8, 4) is 6.07 Å². The summed E-state index contributed by atoms with van der Waals surface area (Å²) in [5.41, 5.74) is 1.86. The normalized spacial score (nSPS) is 15.9. The van der Waals surface area contributed by atoms with Gasteiger partial charge in [-0.3, -0.25) is 9.69 Å². The minimum Gasteiger partial charge on any atom is -0.462 e. The van der Waals surface area contributed by atoms with Crippen molar-refractivity contribution in [1.82, 2.24) is 19.8 Å². The highest BCUT2D eigenvalue weighted by Crippen LogP contribution is 2.31. The highest BCUT2D eigenvalue weighted by Gasteiger charge is 2.35. The summed E-state index contributed by atoms with van der Waals surface area (Å²) in [5, 5.41) is 12.0. The number of nitrogens with zero attached hydrogens (tertiary/aromatic N) is 5. The maximum absolute atomic E-state index is 13.8. The molecule has 4 rings (SSSR count). The Labute approximate surface area is 279 Å². The van der Waals surface area contributed by atoms with E-state index in [1.54, 1.807) is 52.1 Å². The van der Waals surface area contributed by atoms with Crippen LogP contribution < -0.4 is 15.8 Å². The molecule has 3 aromatic rings. The molecule has 2 aromatic heterocycles.